The molecular weight excluding hydrogens is 385 g/mol. The second kappa shape index (κ2) is 9.58. The zero-order valence-corrected chi connectivity index (χ0v) is 16.2. The van der Waals surface area contributed by atoms with E-state index >= 15 is 0 Å². The lowest BCUT2D eigenvalue weighted by Gasteiger charge is -2.26. The van der Waals surface area contributed by atoms with Crippen molar-refractivity contribution in [3.63, 3.8) is 0 Å². The highest BCUT2D eigenvalue weighted by Gasteiger charge is 2.35. The molecule has 1 aromatic carbocycles. The zero-order chi connectivity index (χ0) is 20.9. The summed E-state index contributed by atoms with van der Waals surface area (Å²) in [6.07, 6.45) is -0.418. The van der Waals surface area contributed by atoms with Gasteiger partial charge in [0.15, 0.2) is 0 Å². The van der Waals surface area contributed by atoms with Gasteiger partial charge in [-0.3, -0.25) is 14.5 Å². The van der Waals surface area contributed by atoms with Crippen molar-refractivity contribution in [2.24, 2.45) is 0 Å². The summed E-state index contributed by atoms with van der Waals surface area (Å²) in [4.78, 5) is 26.7. The predicted octanol–water partition coefficient (Wildman–Crippen LogP) is 1.77. The Kier molecular flexibility index (Phi) is 7.13. The molecule has 2 fully saturated rings. The Morgan fingerprint density at radius 2 is 1.93 bits per heavy atom. The number of carbonyl (C=O) groups excluding carboxylic acids is 2. The van der Waals surface area contributed by atoms with Gasteiger partial charge >= 0.3 is 6.18 Å². The lowest BCUT2D eigenvalue weighted by Crippen LogP contribution is -2.44. The van der Waals surface area contributed by atoms with Gasteiger partial charge in [0.05, 0.1) is 17.7 Å². The van der Waals surface area contributed by atoms with E-state index in [1.165, 1.54) is 12.1 Å². The minimum atomic E-state index is -4.63. The van der Waals surface area contributed by atoms with Crippen LogP contribution in [0.15, 0.2) is 24.3 Å². The van der Waals surface area contributed by atoms with Crippen molar-refractivity contribution in [1.82, 2.24) is 20.9 Å². The van der Waals surface area contributed by atoms with Gasteiger partial charge in [-0.2, -0.15) is 13.2 Å². The highest BCUT2D eigenvalue weighted by Crippen LogP contribution is 2.31. The molecular formula is C20H27F3N4O2. The van der Waals surface area contributed by atoms with E-state index in [0.29, 0.717) is 6.04 Å². The Bertz CT molecular complexity index is 718. The number of amides is 2. The van der Waals surface area contributed by atoms with Crippen LogP contribution in [0.2, 0.25) is 0 Å². The van der Waals surface area contributed by atoms with E-state index in [0.717, 1.165) is 64.0 Å². The number of carbonyl (C=O) groups is 2. The summed E-state index contributed by atoms with van der Waals surface area (Å²) < 4.78 is 39.1. The molecule has 160 valence electrons. The third-order valence-electron chi connectivity index (χ3n) is 5.53. The number of hydrogen-bond donors (Lipinski definition) is 3. The third kappa shape index (κ3) is 5.93. The maximum atomic E-state index is 13.0. The monoisotopic (exact) mass is 412 g/mol. The maximum Gasteiger partial charge on any atom is 0.417 e. The normalized spacial score (nSPS) is 23.4. The first kappa shape index (κ1) is 21.6. The molecule has 2 saturated heterocycles. The molecule has 2 aliphatic heterocycles. The summed E-state index contributed by atoms with van der Waals surface area (Å²) in [6.45, 7) is 3.38. The van der Waals surface area contributed by atoms with Crippen molar-refractivity contribution in [3.05, 3.63) is 35.4 Å². The summed E-state index contributed by atoms with van der Waals surface area (Å²) >= 11 is 0. The van der Waals surface area contributed by atoms with Gasteiger partial charge in [-0.25, -0.2) is 0 Å². The van der Waals surface area contributed by atoms with Crippen molar-refractivity contribution < 1.29 is 22.8 Å². The fourth-order valence-corrected chi connectivity index (χ4v) is 4.07. The smallest absolute Gasteiger partial charge is 0.350 e. The summed E-state index contributed by atoms with van der Waals surface area (Å²) in [5.74, 6) is -1.30. The van der Waals surface area contributed by atoms with Crippen LogP contribution in [0.25, 0.3) is 0 Å². The summed E-state index contributed by atoms with van der Waals surface area (Å²) in [5.41, 5.74) is -1.50. The fraction of sp³-hybridized carbons (Fsp3) is 0.600. The minimum absolute atomic E-state index is 0.00178. The quantitative estimate of drug-likeness (QED) is 0.689. The predicted molar refractivity (Wildman–Crippen MR) is 102 cm³/mol. The Labute approximate surface area is 168 Å². The number of nitrogens with one attached hydrogen (secondary N) is 3. The lowest BCUT2D eigenvalue weighted by molar-refractivity contribution is -0.137. The van der Waals surface area contributed by atoms with E-state index in [-0.39, 0.29) is 12.6 Å². The third-order valence-corrected chi connectivity index (χ3v) is 5.53. The molecule has 0 bridgehead atoms. The highest BCUT2D eigenvalue weighted by molar-refractivity contribution is 5.97. The molecule has 0 aromatic heterocycles. The molecule has 9 heteroatoms. The van der Waals surface area contributed by atoms with Crippen molar-refractivity contribution in [1.29, 1.82) is 0 Å². The molecule has 0 radical (unpaired) electrons. The van der Waals surface area contributed by atoms with Gasteiger partial charge in [-0.15, -0.1) is 0 Å². The Morgan fingerprint density at radius 3 is 2.72 bits per heavy atom. The zero-order valence-electron chi connectivity index (χ0n) is 16.2. The van der Waals surface area contributed by atoms with Crippen molar-refractivity contribution in [2.75, 3.05) is 32.7 Å². The Morgan fingerprint density at radius 1 is 1.14 bits per heavy atom. The second-order valence-electron chi connectivity index (χ2n) is 7.61. The molecule has 0 saturated carbocycles. The number of benzene rings is 1. The van der Waals surface area contributed by atoms with E-state index in [2.05, 4.69) is 20.9 Å². The molecule has 2 atom stereocenters. The van der Waals surface area contributed by atoms with Crippen molar-refractivity contribution in [3.8, 4) is 0 Å². The Hall–Kier alpha value is -2.13. The molecule has 29 heavy (non-hydrogen) atoms. The number of rotatable bonds is 5. The van der Waals surface area contributed by atoms with Crippen LogP contribution >= 0.6 is 0 Å². The van der Waals surface area contributed by atoms with E-state index in [1.807, 2.05) is 0 Å². The molecule has 1 unspecified atom stereocenters. The second-order valence-corrected chi connectivity index (χ2v) is 7.61. The van der Waals surface area contributed by atoms with E-state index in [9.17, 15) is 22.8 Å². The van der Waals surface area contributed by atoms with Gasteiger partial charge in [0.2, 0.25) is 5.91 Å². The van der Waals surface area contributed by atoms with Gasteiger partial charge in [0.1, 0.15) is 0 Å². The summed E-state index contributed by atoms with van der Waals surface area (Å²) in [7, 11) is 0. The Balaban J connectivity index is 1.46. The van der Waals surface area contributed by atoms with Crippen molar-refractivity contribution >= 4 is 11.8 Å². The maximum absolute atomic E-state index is 13.0. The molecule has 0 spiro atoms. The first-order valence-corrected chi connectivity index (χ1v) is 10.0. The van der Waals surface area contributed by atoms with Crippen LogP contribution in [0.4, 0.5) is 13.2 Å². The fourth-order valence-electron chi connectivity index (χ4n) is 4.07. The van der Waals surface area contributed by atoms with Gasteiger partial charge in [-0.1, -0.05) is 12.1 Å². The van der Waals surface area contributed by atoms with Crippen LogP contribution in [-0.4, -0.2) is 61.5 Å². The molecule has 6 nitrogen and oxygen atoms in total. The molecule has 2 aliphatic rings. The van der Waals surface area contributed by atoms with Crippen LogP contribution in [0, 0.1) is 0 Å². The largest absolute Gasteiger partial charge is 0.417 e. The molecule has 2 heterocycles. The molecule has 2 amide bonds. The average molecular weight is 412 g/mol. The average Bonchev–Trinajstić information content (AvgIpc) is 2.97. The van der Waals surface area contributed by atoms with Crippen LogP contribution in [0.3, 0.4) is 0 Å². The number of nitrogens with zero attached hydrogens (tertiary/aromatic N) is 1. The van der Waals surface area contributed by atoms with Gasteiger partial charge in [-0.05, 0) is 50.9 Å². The molecule has 1 aromatic rings. The SMILES string of the molecule is O=C(CNC(=O)c1ccccc1C(F)(F)F)N[C@@H]1CCN(C2CCCNCC2)C1. The summed E-state index contributed by atoms with van der Waals surface area (Å²) in [6, 6.07) is 5.06. The van der Waals surface area contributed by atoms with Gasteiger partial charge in [0, 0.05) is 25.2 Å². The highest BCUT2D eigenvalue weighted by atomic mass is 19.4. The van der Waals surface area contributed by atoms with Crippen LogP contribution in [-0.2, 0) is 11.0 Å². The van der Waals surface area contributed by atoms with E-state index in [1.54, 1.807) is 0 Å². The lowest BCUT2D eigenvalue weighted by atomic mass is 10.1. The van der Waals surface area contributed by atoms with E-state index < -0.39 is 29.1 Å². The summed E-state index contributed by atoms with van der Waals surface area (Å²) in [5, 5.41) is 8.57. The molecule has 3 rings (SSSR count). The minimum Gasteiger partial charge on any atom is -0.350 e. The van der Waals surface area contributed by atoms with Gasteiger partial charge in [0.25, 0.3) is 5.91 Å². The van der Waals surface area contributed by atoms with Crippen LogP contribution in [0.5, 0.6) is 0 Å². The van der Waals surface area contributed by atoms with Gasteiger partial charge < -0.3 is 16.0 Å². The van der Waals surface area contributed by atoms with Crippen LogP contribution < -0.4 is 16.0 Å². The number of halogens is 3. The molecule has 0 aliphatic carbocycles. The number of alkyl halides is 3. The first-order valence-electron chi connectivity index (χ1n) is 10.0. The number of likely N-dealkylation sites (tertiary alicyclic amines) is 1. The van der Waals surface area contributed by atoms with Crippen molar-refractivity contribution in [2.45, 2.75) is 43.9 Å². The first-order chi connectivity index (χ1) is 13.8. The van der Waals surface area contributed by atoms with Crippen LogP contribution in [0.1, 0.15) is 41.6 Å². The number of hydrogen-bond acceptors (Lipinski definition) is 4. The van der Waals surface area contributed by atoms with E-state index in [4.69, 9.17) is 0 Å². The topological polar surface area (TPSA) is 73.5 Å². The standard InChI is InChI=1S/C20H27F3N4O2/c21-20(22,23)17-6-2-1-5-16(17)19(29)25-12-18(28)26-14-8-11-27(13-14)15-4-3-9-24-10-7-15/h1-2,5-6,14-15,24H,3-4,7-13H2,(H,25,29)(H,26,28)/t14-,15?/m1/s1. The molecule has 3 N–H and O–H groups in total.